The van der Waals surface area contributed by atoms with E-state index in [2.05, 4.69) is 60.3 Å². The Balaban J connectivity index is 2.75. The number of rotatable bonds is 8. The quantitative estimate of drug-likeness (QED) is 0.408. The van der Waals surface area contributed by atoms with Gasteiger partial charge >= 0.3 is 0 Å². The smallest absolute Gasteiger partial charge is 0.00670 e. The number of nitrogens with zero attached hydrogens (tertiary/aromatic N) is 1. The molecule has 1 heteroatoms. The van der Waals surface area contributed by atoms with Crippen LogP contribution in [-0.2, 0) is 0 Å². The zero-order chi connectivity index (χ0) is 19.1. The van der Waals surface area contributed by atoms with Gasteiger partial charge < -0.3 is 4.90 Å². The highest BCUT2D eigenvalue weighted by molar-refractivity contribution is 4.90. The van der Waals surface area contributed by atoms with Crippen LogP contribution in [0.5, 0.6) is 0 Å². The Morgan fingerprint density at radius 3 is 2.20 bits per heavy atom. The summed E-state index contributed by atoms with van der Waals surface area (Å²) in [6, 6.07) is 0.750. The van der Waals surface area contributed by atoms with Crippen molar-refractivity contribution in [1.29, 1.82) is 0 Å². The summed E-state index contributed by atoms with van der Waals surface area (Å²) in [7, 11) is 0. The van der Waals surface area contributed by atoms with Crippen LogP contribution in [0.1, 0.15) is 113 Å². The third-order valence-electron chi connectivity index (χ3n) is 7.50. The minimum atomic E-state index is 0.440. The van der Waals surface area contributed by atoms with Crippen LogP contribution in [0.2, 0.25) is 0 Å². The minimum absolute atomic E-state index is 0.440. The van der Waals surface area contributed by atoms with E-state index in [0.29, 0.717) is 10.8 Å². The summed E-state index contributed by atoms with van der Waals surface area (Å²) in [6.45, 7) is 22.4. The lowest BCUT2D eigenvalue weighted by atomic mass is 9.63. The van der Waals surface area contributed by atoms with Gasteiger partial charge in [0.05, 0.1) is 0 Å². The molecule has 0 bridgehead atoms. The summed E-state index contributed by atoms with van der Waals surface area (Å²) in [5.74, 6) is 1.63. The number of hydrogen-bond acceptors (Lipinski definition) is 1. The third kappa shape index (κ3) is 7.24. The molecule has 1 aliphatic rings. The molecule has 1 nitrogen and oxygen atoms in total. The first-order valence-electron chi connectivity index (χ1n) is 11.4. The Morgan fingerprint density at radius 1 is 0.960 bits per heavy atom. The Morgan fingerprint density at radius 2 is 1.60 bits per heavy atom. The largest absolute Gasteiger partial charge is 0.300 e. The van der Waals surface area contributed by atoms with Gasteiger partial charge in [-0.1, -0.05) is 87.0 Å². The fraction of sp³-hybridized carbons (Fsp3) is 1.00. The maximum atomic E-state index is 2.85. The maximum Gasteiger partial charge on any atom is 0.00670 e. The Kier molecular flexibility index (Phi) is 9.51. The molecule has 0 spiro atoms. The molecule has 0 radical (unpaired) electrons. The first-order valence-corrected chi connectivity index (χ1v) is 11.4. The Hall–Kier alpha value is -0.0400. The predicted molar refractivity (Wildman–Crippen MR) is 114 cm³/mol. The van der Waals surface area contributed by atoms with Gasteiger partial charge in [0, 0.05) is 12.6 Å². The lowest BCUT2D eigenvalue weighted by Gasteiger charge is -2.43. The van der Waals surface area contributed by atoms with E-state index in [0.717, 1.165) is 17.9 Å². The molecule has 0 saturated carbocycles. The van der Waals surface area contributed by atoms with Gasteiger partial charge in [-0.2, -0.15) is 0 Å². The number of unbranched alkanes of at least 4 members (excludes halogenated alkanes) is 4. The molecule has 0 amide bonds. The highest BCUT2D eigenvalue weighted by atomic mass is 15.2. The van der Waals surface area contributed by atoms with Crippen LogP contribution in [0, 0.1) is 22.7 Å². The summed E-state index contributed by atoms with van der Waals surface area (Å²) in [5, 5.41) is 0. The molecule has 0 aliphatic carbocycles. The Bertz CT molecular complexity index is 357. The normalized spacial score (nSPS) is 28.8. The van der Waals surface area contributed by atoms with Crippen LogP contribution in [0.15, 0.2) is 0 Å². The van der Waals surface area contributed by atoms with Crippen molar-refractivity contribution < 1.29 is 0 Å². The average Bonchev–Trinajstić information content (AvgIpc) is 2.55. The monoisotopic (exact) mass is 351 g/mol. The van der Waals surface area contributed by atoms with Crippen molar-refractivity contribution in [2.24, 2.45) is 22.7 Å². The van der Waals surface area contributed by atoms with Gasteiger partial charge in [0.1, 0.15) is 0 Å². The van der Waals surface area contributed by atoms with Crippen molar-refractivity contribution >= 4 is 0 Å². The molecule has 0 aromatic heterocycles. The van der Waals surface area contributed by atoms with E-state index in [1.165, 1.54) is 70.9 Å². The van der Waals surface area contributed by atoms with Gasteiger partial charge in [-0.25, -0.2) is 0 Å². The summed E-state index contributed by atoms with van der Waals surface area (Å²) >= 11 is 0. The average molecular weight is 352 g/mol. The first-order chi connectivity index (χ1) is 11.6. The molecule has 25 heavy (non-hydrogen) atoms. The number of hydrogen-bond donors (Lipinski definition) is 0. The molecule has 1 fully saturated rings. The van der Waals surface area contributed by atoms with Crippen molar-refractivity contribution in [1.82, 2.24) is 4.90 Å². The Labute approximate surface area is 160 Å². The molecule has 0 N–H and O–H groups in total. The van der Waals surface area contributed by atoms with Crippen LogP contribution in [-0.4, -0.2) is 24.0 Å². The van der Waals surface area contributed by atoms with Crippen LogP contribution < -0.4 is 0 Å². The van der Waals surface area contributed by atoms with Crippen molar-refractivity contribution in [3.05, 3.63) is 0 Å². The van der Waals surface area contributed by atoms with Crippen molar-refractivity contribution in [2.75, 3.05) is 13.1 Å². The fourth-order valence-corrected chi connectivity index (χ4v) is 5.17. The molecule has 3 unspecified atom stereocenters. The molecule has 3 atom stereocenters. The molecule has 0 aromatic rings. The van der Waals surface area contributed by atoms with Gasteiger partial charge in [-0.05, 0) is 55.4 Å². The van der Waals surface area contributed by atoms with Gasteiger partial charge in [0.2, 0.25) is 0 Å². The van der Waals surface area contributed by atoms with Crippen molar-refractivity contribution in [3.8, 4) is 0 Å². The van der Waals surface area contributed by atoms with Crippen LogP contribution in [0.25, 0.3) is 0 Å². The lowest BCUT2D eigenvalue weighted by Crippen LogP contribution is -2.41. The zero-order valence-electron chi connectivity index (χ0n) is 19.0. The van der Waals surface area contributed by atoms with Crippen LogP contribution in [0.4, 0.5) is 0 Å². The molecule has 150 valence electrons. The standard InChI is InChI=1S/C24H49N/c1-9-11-12-13-14-15-21(4)25-17-16-20(3)23(5,6)19-24(7,8)22(10-2)18-25/h20-22H,9-19H2,1-8H3. The van der Waals surface area contributed by atoms with E-state index in [-0.39, 0.29) is 0 Å². The molecule has 1 rings (SSSR count). The second-order valence-corrected chi connectivity index (χ2v) is 10.5. The highest BCUT2D eigenvalue weighted by Gasteiger charge is 2.39. The predicted octanol–water partition coefficient (Wildman–Crippen LogP) is 7.55. The molecular formula is C24H49N. The van der Waals surface area contributed by atoms with E-state index in [1.807, 2.05) is 0 Å². The van der Waals surface area contributed by atoms with Crippen molar-refractivity contribution in [3.63, 3.8) is 0 Å². The first kappa shape index (κ1) is 23.0. The van der Waals surface area contributed by atoms with E-state index >= 15 is 0 Å². The fourth-order valence-electron chi connectivity index (χ4n) is 5.17. The lowest BCUT2D eigenvalue weighted by molar-refractivity contribution is 0.0722. The summed E-state index contributed by atoms with van der Waals surface area (Å²) in [6.07, 6.45) is 12.5. The maximum absolute atomic E-state index is 2.85. The highest BCUT2D eigenvalue weighted by Crippen LogP contribution is 2.46. The van der Waals surface area contributed by atoms with E-state index in [9.17, 15) is 0 Å². The molecule has 0 aromatic carbocycles. The third-order valence-corrected chi connectivity index (χ3v) is 7.50. The summed E-state index contributed by atoms with van der Waals surface area (Å²) in [5.41, 5.74) is 0.895. The second-order valence-electron chi connectivity index (χ2n) is 10.5. The van der Waals surface area contributed by atoms with Crippen molar-refractivity contribution in [2.45, 2.75) is 119 Å². The molecule has 1 heterocycles. The second kappa shape index (κ2) is 10.3. The van der Waals surface area contributed by atoms with Gasteiger partial charge in [-0.15, -0.1) is 0 Å². The summed E-state index contributed by atoms with van der Waals surface area (Å²) in [4.78, 5) is 2.85. The summed E-state index contributed by atoms with van der Waals surface area (Å²) < 4.78 is 0. The molecule has 1 aliphatic heterocycles. The van der Waals surface area contributed by atoms with Gasteiger partial charge in [-0.3, -0.25) is 0 Å². The minimum Gasteiger partial charge on any atom is -0.300 e. The van der Waals surface area contributed by atoms with Crippen LogP contribution >= 0.6 is 0 Å². The van der Waals surface area contributed by atoms with Crippen LogP contribution in [0.3, 0.4) is 0 Å². The topological polar surface area (TPSA) is 3.24 Å². The SMILES string of the molecule is CCCCCCCC(C)N1CCC(C)C(C)(C)CC(C)(C)C(CC)C1. The zero-order valence-corrected chi connectivity index (χ0v) is 19.0. The van der Waals surface area contributed by atoms with E-state index in [1.54, 1.807) is 0 Å². The molecule has 1 saturated heterocycles. The van der Waals surface area contributed by atoms with Gasteiger partial charge in [0.15, 0.2) is 0 Å². The van der Waals surface area contributed by atoms with E-state index < -0.39 is 0 Å². The molecular weight excluding hydrogens is 302 g/mol. The van der Waals surface area contributed by atoms with E-state index in [4.69, 9.17) is 0 Å². The van der Waals surface area contributed by atoms with Gasteiger partial charge in [0.25, 0.3) is 0 Å².